The van der Waals surface area contributed by atoms with E-state index in [4.69, 9.17) is 0 Å². The summed E-state index contributed by atoms with van der Waals surface area (Å²) in [4.78, 5) is 36.0. The van der Waals surface area contributed by atoms with Crippen molar-refractivity contribution in [3.8, 4) is 0 Å². The summed E-state index contributed by atoms with van der Waals surface area (Å²) in [6.07, 6.45) is 3.40. The molecule has 8 nitrogen and oxygen atoms in total. The van der Waals surface area contributed by atoms with Crippen molar-refractivity contribution in [2.45, 2.75) is 0 Å². The lowest BCUT2D eigenvalue weighted by molar-refractivity contribution is 0.102. The summed E-state index contributed by atoms with van der Waals surface area (Å²) in [6, 6.07) is 17.2. The molecule has 4 aromatic rings. The zero-order valence-electron chi connectivity index (χ0n) is 18.4. The molecule has 8 heteroatoms. The maximum Gasteiger partial charge on any atom is 0.263 e. The van der Waals surface area contributed by atoms with Gasteiger partial charge in [0.15, 0.2) is 0 Å². The molecule has 1 aliphatic rings. The molecule has 33 heavy (non-hydrogen) atoms. The van der Waals surface area contributed by atoms with Crippen LogP contribution in [0.15, 0.2) is 71.8 Å². The number of anilines is 4. The molecule has 2 aromatic carbocycles. The highest BCUT2D eigenvalue weighted by Gasteiger charge is 2.18. The van der Waals surface area contributed by atoms with Crippen molar-refractivity contribution in [1.29, 1.82) is 0 Å². The second kappa shape index (κ2) is 8.84. The fourth-order valence-electron chi connectivity index (χ4n) is 4.10. The van der Waals surface area contributed by atoms with Crippen LogP contribution in [-0.2, 0) is 0 Å². The number of hydrogen-bond acceptors (Lipinski definition) is 5. The first-order chi connectivity index (χ1) is 16.1. The van der Waals surface area contributed by atoms with Gasteiger partial charge in [-0.3, -0.25) is 9.59 Å². The van der Waals surface area contributed by atoms with E-state index >= 15 is 0 Å². The van der Waals surface area contributed by atoms with Crippen LogP contribution in [0.25, 0.3) is 10.9 Å². The zero-order chi connectivity index (χ0) is 22.8. The lowest BCUT2D eigenvalue weighted by Crippen LogP contribution is -2.44. The Balaban J connectivity index is 1.33. The van der Waals surface area contributed by atoms with Crippen molar-refractivity contribution < 1.29 is 4.79 Å². The van der Waals surface area contributed by atoms with Crippen molar-refractivity contribution in [3.05, 3.63) is 82.9 Å². The molecule has 0 spiro atoms. The summed E-state index contributed by atoms with van der Waals surface area (Å²) in [6.45, 7) is 4.01. The third-order valence-electron chi connectivity index (χ3n) is 6.02. The number of nitrogens with zero attached hydrogens (tertiary/aromatic N) is 2. The summed E-state index contributed by atoms with van der Waals surface area (Å²) in [5, 5.41) is 7.15. The van der Waals surface area contributed by atoms with Crippen molar-refractivity contribution in [3.63, 3.8) is 0 Å². The number of H-pyrrole nitrogens is 2. The SMILES string of the molecule is CN1CCN(c2ccc(NC(=O)c3c(Nc4ccc5cc[nH]c5c4)cc[nH]c3=O)cc2)CC1. The molecule has 0 atom stereocenters. The molecule has 1 aliphatic heterocycles. The van der Waals surface area contributed by atoms with E-state index in [1.807, 2.05) is 54.7 Å². The molecule has 4 N–H and O–H groups in total. The second-order valence-electron chi connectivity index (χ2n) is 8.29. The van der Waals surface area contributed by atoms with E-state index in [1.54, 1.807) is 6.07 Å². The van der Waals surface area contributed by atoms with Crippen molar-refractivity contribution in [2.75, 3.05) is 48.8 Å². The van der Waals surface area contributed by atoms with Gasteiger partial charge in [-0.25, -0.2) is 0 Å². The van der Waals surface area contributed by atoms with Crippen molar-refractivity contribution in [1.82, 2.24) is 14.9 Å². The number of amides is 1. The summed E-state index contributed by atoms with van der Waals surface area (Å²) in [7, 11) is 2.13. The minimum absolute atomic E-state index is 0.0345. The standard InChI is InChI=1S/C25H26N6O2/c1-30-12-14-31(15-13-30)20-6-4-18(5-7-20)29-25(33)23-21(9-11-27-24(23)32)28-19-3-2-17-8-10-26-22(17)16-19/h2-11,16,26H,12-15H2,1H3,(H,29,33)(H2,27,28,32). The summed E-state index contributed by atoms with van der Waals surface area (Å²) >= 11 is 0. The second-order valence-corrected chi connectivity index (χ2v) is 8.29. The van der Waals surface area contributed by atoms with E-state index in [2.05, 4.69) is 37.4 Å². The van der Waals surface area contributed by atoms with Crippen LogP contribution in [0.5, 0.6) is 0 Å². The Morgan fingerprint density at radius 2 is 1.61 bits per heavy atom. The number of benzene rings is 2. The molecule has 0 bridgehead atoms. The van der Waals surface area contributed by atoms with Gasteiger partial charge in [0.25, 0.3) is 11.5 Å². The zero-order valence-corrected chi connectivity index (χ0v) is 18.4. The Morgan fingerprint density at radius 3 is 2.39 bits per heavy atom. The van der Waals surface area contributed by atoms with Crippen LogP contribution in [0.2, 0.25) is 0 Å². The number of carbonyl (C=O) groups is 1. The summed E-state index contributed by atoms with van der Waals surface area (Å²) in [5.74, 6) is -0.465. The van der Waals surface area contributed by atoms with Gasteiger partial charge in [-0.2, -0.15) is 0 Å². The molecule has 0 unspecified atom stereocenters. The lowest BCUT2D eigenvalue weighted by atomic mass is 10.1. The first-order valence-corrected chi connectivity index (χ1v) is 11.0. The molecule has 3 heterocycles. The largest absolute Gasteiger partial charge is 0.369 e. The number of pyridine rings is 1. The van der Waals surface area contributed by atoms with E-state index in [1.165, 1.54) is 6.20 Å². The van der Waals surface area contributed by atoms with Gasteiger partial charge in [0.1, 0.15) is 5.56 Å². The summed E-state index contributed by atoms with van der Waals surface area (Å²) < 4.78 is 0. The third kappa shape index (κ3) is 4.47. The number of rotatable bonds is 5. The van der Waals surface area contributed by atoms with Crippen LogP contribution in [0.3, 0.4) is 0 Å². The van der Waals surface area contributed by atoms with Crippen LogP contribution in [0.1, 0.15) is 10.4 Å². The fraction of sp³-hybridized carbons (Fsp3) is 0.200. The number of likely N-dealkylation sites (N-methyl/N-ethyl adjacent to an activating group) is 1. The first kappa shape index (κ1) is 20.8. The highest BCUT2D eigenvalue weighted by Crippen LogP contribution is 2.24. The number of nitrogens with one attached hydrogen (secondary N) is 4. The Bertz CT molecular complexity index is 1330. The Hall–Kier alpha value is -4.04. The number of fused-ring (bicyclic) bond motifs is 1. The topological polar surface area (TPSA) is 96.3 Å². The fourth-order valence-corrected chi connectivity index (χ4v) is 4.10. The van der Waals surface area contributed by atoms with Gasteiger partial charge in [0.05, 0.1) is 5.69 Å². The van der Waals surface area contributed by atoms with Gasteiger partial charge < -0.3 is 30.4 Å². The van der Waals surface area contributed by atoms with Crippen LogP contribution in [0, 0.1) is 0 Å². The van der Waals surface area contributed by atoms with E-state index in [-0.39, 0.29) is 5.56 Å². The average molecular weight is 443 g/mol. The molecule has 1 amide bonds. The van der Waals surface area contributed by atoms with Gasteiger partial charge >= 0.3 is 0 Å². The Kier molecular flexibility index (Phi) is 5.58. The normalized spacial score (nSPS) is 14.4. The van der Waals surface area contributed by atoms with Crippen molar-refractivity contribution in [2.24, 2.45) is 0 Å². The Labute approximate surface area is 191 Å². The van der Waals surface area contributed by atoms with E-state index in [0.717, 1.165) is 48.5 Å². The van der Waals surface area contributed by atoms with Crippen molar-refractivity contribution >= 4 is 39.6 Å². The molecule has 5 rings (SSSR count). The molecule has 1 saturated heterocycles. The minimum Gasteiger partial charge on any atom is -0.369 e. The highest BCUT2D eigenvalue weighted by molar-refractivity contribution is 6.08. The molecule has 0 aliphatic carbocycles. The van der Waals surface area contributed by atoms with Gasteiger partial charge in [-0.1, -0.05) is 6.07 Å². The predicted octanol–water partition coefficient (Wildman–Crippen LogP) is 3.60. The number of piperazine rings is 1. The Morgan fingerprint density at radius 1 is 0.879 bits per heavy atom. The number of carbonyl (C=O) groups excluding carboxylic acids is 1. The number of aromatic amines is 2. The average Bonchev–Trinajstić information content (AvgIpc) is 3.28. The molecule has 0 radical (unpaired) electrons. The molecular weight excluding hydrogens is 416 g/mol. The predicted molar refractivity (Wildman–Crippen MR) is 133 cm³/mol. The number of aromatic nitrogens is 2. The van der Waals surface area contributed by atoms with Crippen LogP contribution in [0.4, 0.5) is 22.7 Å². The third-order valence-corrected chi connectivity index (χ3v) is 6.02. The van der Waals surface area contributed by atoms with Gasteiger partial charge in [0, 0.05) is 61.2 Å². The van der Waals surface area contributed by atoms with E-state index in [0.29, 0.717) is 11.4 Å². The molecule has 2 aromatic heterocycles. The maximum atomic E-state index is 13.0. The van der Waals surface area contributed by atoms with Crippen LogP contribution in [-0.4, -0.2) is 54.0 Å². The van der Waals surface area contributed by atoms with Crippen LogP contribution < -0.4 is 21.1 Å². The minimum atomic E-state index is -0.465. The van der Waals surface area contributed by atoms with E-state index < -0.39 is 11.5 Å². The first-order valence-electron chi connectivity index (χ1n) is 11.0. The number of hydrogen-bond donors (Lipinski definition) is 4. The van der Waals surface area contributed by atoms with Gasteiger partial charge in [-0.05, 0) is 61.0 Å². The molecule has 168 valence electrons. The quantitative estimate of drug-likeness (QED) is 0.379. The monoisotopic (exact) mass is 442 g/mol. The van der Waals surface area contributed by atoms with Gasteiger partial charge in [-0.15, -0.1) is 0 Å². The van der Waals surface area contributed by atoms with Gasteiger partial charge in [0.2, 0.25) is 0 Å². The molecular formula is C25H26N6O2. The van der Waals surface area contributed by atoms with Crippen LogP contribution >= 0.6 is 0 Å². The van der Waals surface area contributed by atoms with E-state index in [9.17, 15) is 9.59 Å². The molecule has 0 saturated carbocycles. The summed E-state index contributed by atoms with van der Waals surface area (Å²) in [5.41, 5.74) is 3.54. The maximum absolute atomic E-state index is 13.0. The molecule has 1 fully saturated rings. The smallest absolute Gasteiger partial charge is 0.263 e. The highest BCUT2D eigenvalue weighted by atomic mass is 16.2. The lowest BCUT2D eigenvalue weighted by Gasteiger charge is -2.34.